The summed E-state index contributed by atoms with van der Waals surface area (Å²) in [5.41, 5.74) is 0. The minimum atomic E-state index is -5.06. The molecule has 0 spiro atoms. The van der Waals surface area contributed by atoms with E-state index in [9.17, 15) is 52.0 Å². The minimum absolute atomic E-state index is 0.195. The lowest BCUT2D eigenvalue weighted by molar-refractivity contribution is -0.111. The average Bonchev–Trinajstić information content (AvgIpc) is 2.41. The fraction of sp³-hybridized carbons (Fsp3) is 1.00. The first-order valence-electron chi connectivity index (χ1n) is 6.65. The third-order valence-corrected chi connectivity index (χ3v) is 3.45. The number of rotatable bonds is 9. The van der Waals surface area contributed by atoms with Crippen LogP contribution in [0.4, 0.5) is 35.1 Å². The lowest BCUT2D eigenvalue weighted by Crippen LogP contribution is -2.34. The summed E-state index contributed by atoms with van der Waals surface area (Å²) in [5.74, 6) is -13.9. The van der Waals surface area contributed by atoms with E-state index in [1.165, 1.54) is 0 Å². The molecule has 18 heteroatoms. The molecule has 0 aliphatic carbocycles. The van der Waals surface area contributed by atoms with Crippen molar-refractivity contribution in [1.29, 1.82) is 0 Å². The number of alkyl halides is 8. The van der Waals surface area contributed by atoms with Gasteiger partial charge in [-0.3, -0.25) is 9.11 Å². The van der Waals surface area contributed by atoms with Crippen LogP contribution in [0.3, 0.4) is 0 Å². The number of hydrogen-bond acceptors (Lipinski definition) is 6. The minimum Gasteiger partial charge on any atom is -0.396 e. The van der Waals surface area contributed by atoms with Crippen LogP contribution in [0.25, 0.3) is 0 Å². The molecule has 28 heavy (non-hydrogen) atoms. The molecule has 0 unspecified atom stereocenters. The number of aliphatic hydroxyl groups is 2. The predicted octanol–water partition coefficient (Wildman–Crippen LogP) is 1.30. The maximum absolute atomic E-state index is 11.8. The van der Waals surface area contributed by atoms with Crippen LogP contribution in [0.1, 0.15) is 12.8 Å². The fourth-order valence-electron chi connectivity index (χ4n) is 0.836. The Morgan fingerprint density at radius 1 is 0.643 bits per heavy atom. The van der Waals surface area contributed by atoms with Gasteiger partial charge in [0.2, 0.25) is 0 Å². The lowest BCUT2D eigenvalue weighted by Gasteiger charge is -2.11. The molecule has 0 saturated carbocycles. The maximum Gasteiger partial charge on any atom is 0.323 e. The zero-order valence-corrected chi connectivity index (χ0v) is 15.3. The molecule has 8 nitrogen and oxygen atoms in total. The van der Waals surface area contributed by atoms with E-state index in [4.69, 9.17) is 19.3 Å². The molecule has 0 amide bonds. The molecule has 0 aromatic heterocycles. The van der Waals surface area contributed by atoms with Crippen LogP contribution >= 0.6 is 0 Å². The molecule has 0 fully saturated rings. The van der Waals surface area contributed by atoms with Crippen molar-refractivity contribution >= 4 is 20.2 Å². The summed E-state index contributed by atoms with van der Waals surface area (Å²) in [4.78, 5) is 0. The second-order valence-electron chi connectivity index (χ2n) is 4.73. The van der Waals surface area contributed by atoms with Gasteiger partial charge < -0.3 is 10.2 Å². The smallest absolute Gasteiger partial charge is 0.323 e. The molecule has 0 aliphatic heterocycles. The molecule has 0 bridgehead atoms. The predicted molar refractivity (Wildman–Crippen MR) is 78.1 cm³/mol. The van der Waals surface area contributed by atoms with Gasteiger partial charge in [-0.05, 0) is 12.8 Å². The highest BCUT2D eigenvalue weighted by molar-refractivity contribution is 7.86. The first-order chi connectivity index (χ1) is 12.2. The summed E-state index contributed by atoms with van der Waals surface area (Å²) in [7, 11) is -10.1. The van der Waals surface area contributed by atoms with Gasteiger partial charge in [0.15, 0.2) is 0 Å². The van der Waals surface area contributed by atoms with Crippen molar-refractivity contribution in [3.05, 3.63) is 0 Å². The second-order valence-corrected chi connectivity index (χ2v) is 7.64. The van der Waals surface area contributed by atoms with E-state index in [1.807, 2.05) is 0 Å². The van der Waals surface area contributed by atoms with E-state index in [0.717, 1.165) is 12.8 Å². The Kier molecular flexibility index (Phi) is 15.3. The van der Waals surface area contributed by atoms with Crippen molar-refractivity contribution in [2.24, 2.45) is 0 Å². The zero-order valence-electron chi connectivity index (χ0n) is 13.7. The standard InChI is InChI=1S/C4H10O2.2C3H4F4O3S/c5-3-1-2-4-6;2*4-2(5)3(6,7)1-11(8,9)10/h5-6H,1-4H2;2*2H,1H2,(H,8,9,10). The highest BCUT2D eigenvalue weighted by atomic mass is 32.2. The molecule has 4 N–H and O–H groups in total. The van der Waals surface area contributed by atoms with Crippen molar-refractivity contribution in [1.82, 2.24) is 0 Å². The quantitative estimate of drug-likeness (QED) is 0.218. The van der Waals surface area contributed by atoms with Crippen LogP contribution in [-0.2, 0) is 20.2 Å². The first kappa shape index (κ1) is 31.9. The fourth-order valence-corrected chi connectivity index (χ4v) is 2.06. The van der Waals surface area contributed by atoms with Crippen LogP contribution in [0, 0.1) is 0 Å². The van der Waals surface area contributed by atoms with Gasteiger partial charge >= 0.3 is 24.7 Å². The molecule has 0 atom stereocenters. The topological polar surface area (TPSA) is 149 Å². The van der Waals surface area contributed by atoms with Crippen LogP contribution in [0.5, 0.6) is 0 Å². The molecule has 0 aromatic carbocycles. The molecule has 174 valence electrons. The Morgan fingerprint density at radius 2 is 0.857 bits per heavy atom. The van der Waals surface area contributed by atoms with Crippen LogP contribution < -0.4 is 0 Å². The third kappa shape index (κ3) is 21.5. The average molecular weight is 482 g/mol. The van der Waals surface area contributed by atoms with Gasteiger partial charge in [0.1, 0.15) is 11.5 Å². The number of unbranched alkanes of at least 4 members (excludes halogenated alkanes) is 1. The molecule has 0 aliphatic rings. The van der Waals surface area contributed by atoms with Gasteiger partial charge in [0, 0.05) is 13.2 Å². The Balaban J connectivity index is -0.000000351. The van der Waals surface area contributed by atoms with Crippen LogP contribution in [-0.4, -0.2) is 85.6 Å². The lowest BCUT2D eigenvalue weighted by atomic mass is 10.3. The highest BCUT2D eigenvalue weighted by Crippen LogP contribution is 2.24. The van der Waals surface area contributed by atoms with Gasteiger partial charge in [-0.15, -0.1) is 0 Å². The van der Waals surface area contributed by atoms with E-state index >= 15 is 0 Å². The SMILES string of the molecule is O=S(=O)(O)CC(F)(F)C(F)F.O=S(=O)(O)CC(F)(F)C(F)F.OCCCCO. The van der Waals surface area contributed by atoms with E-state index in [-0.39, 0.29) is 13.2 Å². The van der Waals surface area contributed by atoms with Crippen LogP contribution in [0.15, 0.2) is 0 Å². The summed E-state index contributed by atoms with van der Waals surface area (Å²) in [6.45, 7) is 0.390. The van der Waals surface area contributed by atoms with E-state index < -0.39 is 56.4 Å². The normalized spacial score (nSPS) is 12.9. The number of aliphatic hydroxyl groups excluding tert-OH is 2. The van der Waals surface area contributed by atoms with Gasteiger partial charge in [-0.25, -0.2) is 17.6 Å². The number of halogens is 8. The van der Waals surface area contributed by atoms with Crippen molar-refractivity contribution < 1.29 is 71.3 Å². The van der Waals surface area contributed by atoms with E-state index in [2.05, 4.69) is 0 Å². The summed E-state index contributed by atoms with van der Waals surface area (Å²) in [6.07, 6.45) is -6.75. The van der Waals surface area contributed by atoms with Gasteiger partial charge in [-0.2, -0.15) is 34.4 Å². The molecule has 0 heterocycles. The highest BCUT2D eigenvalue weighted by Gasteiger charge is 2.45. The number of hydrogen-bond donors (Lipinski definition) is 4. The van der Waals surface area contributed by atoms with E-state index in [0.29, 0.717) is 0 Å². The largest absolute Gasteiger partial charge is 0.396 e. The Labute approximate surface area is 154 Å². The molecular formula is C10H18F8O8S2. The molecule has 0 rings (SSSR count). The van der Waals surface area contributed by atoms with Crippen molar-refractivity contribution in [3.63, 3.8) is 0 Å². The summed E-state index contributed by atoms with van der Waals surface area (Å²) >= 11 is 0. The van der Waals surface area contributed by atoms with Crippen LogP contribution in [0.2, 0.25) is 0 Å². The molecule has 0 aromatic rings. The summed E-state index contributed by atoms with van der Waals surface area (Å²) in [6, 6.07) is 0. The Morgan fingerprint density at radius 3 is 0.929 bits per heavy atom. The van der Waals surface area contributed by atoms with Gasteiger partial charge in [0.05, 0.1) is 0 Å². The summed E-state index contributed by atoms with van der Waals surface area (Å²) in [5, 5.41) is 16.2. The molecule has 0 radical (unpaired) electrons. The summed E-state index contributed by atoms with van der Waals surface area (Å²) < 4.78 is 146. The van der Waals surface area contributed by atoms with Crippen molar-refractivity contribution in [2.75, 3.05) is 24.7 Å². The zero-order chi connectivity index (χ0) is 23.4. The second kappa shape index (κ2) is 13.4. The Bertz CT molecular complexity index is 555. The maximum atomic E-state index is 11.8. The third-order valence-electron chi connectivity index (χ3n) is 1.95. The van der Waals surface area contributed by atoms with Gasteiger partial charge in [0.25, 0.3) is 20.2 Å². The van der Waals surface area contributed by atoms with Crippen molar-refractivity contribution in [3.8, 4) is 0 Å². The Hall–Kier alpha value is -0.820. The molecular weight excluding hydrogens is 464 g/mol. The van der Waals surface area contributed by atoms with E-state index in [1.54, 1.807) is 0 Å². The van der Waals surface area contributed by atoms with Gasteiger partial charge in [-0.1, -0.05) is 0 Å². The molecule has 0 saturated heterocycles. The first-order valence-corrected chi connectivity index (χ1v) is 9.87. The monoisotopic (exact) mass is 482 g/mol. The van der Waals surface area contributed by atoms with Crippen molar-refractivity contribution in [2.45, 2.75) is 37.5 Å².